The Hall–Kier alpha value is -1.88. The number of esters is 1. The molecule has 1 aliphatic heterocycles. The van der Waals surface area contributed by atoms with Gasteiger partial charge >= 0.3 is 5.97 Å². The summed E-state index contributed by atoms with van der Waals surface area (Å²) in [6.45, 7) is 3.93. The molecule has 0 saturated carbocycles. The topological polar surface area (TPSA) is 50.4 Å². The molecule has 106 valence electrons. The van der Waals surface area contributed by atoms with Gasteiger partial charge in [-0.25, -0.2) is 4.79 Å². The molecule has 2 N–H and O–H groups in total. The Morgan fingerprint density at radius 3 is 2.55 bits per heavy atom. The van der Waals surface area contributed by atoms with Crippen molar-refractivity contribution in [2.24, 2.45) is 0 Å². The molecule has 0 aliphatic carbocycles. The summed E-state index contributed by atoms with van der Waals surface area (Å²) in [5.41, 5.74) is 3.53. The lowest BCUT2D eigenvalue weighted by Crippen LogP contribution is -2.45. The van der Waals surface area contributed by atoms with Crippen molar-refractivity contribution < 1.29 is 9.53 Å². The minimum Gasteiger partial charge on any atom is -0.466 e. The number of benzene rings is 1. The van der Waals surface area contributed by atoms with Gasteiger partial charge in [0.05, 0.1) is 18.7 Å². The third-order valence-electron chi connectivity index (χ3n) is 3.40. The van der Waals surface area contributed by atoms with E-state index in [4.69, 9.17) is 17.0 Å². The summed E-state index contributed by atoms with van der Waals surface area (Å²) in [6, 6.07) is 7.88. The van der Waals surface area contributed by atoms with Gasteiger partial charge in [0.1, 0.15) is 0 Å². The summed E-state index contributed by atoms with van der Waals surface area (Å²) in [4.78, 5) is 12.0. The molecule has 0 unspecified atom stereocenters. The Morgan fingerprint density at radius 2 is 2.00 bits per heavy atom. The zero-order valence-electron chi connectivity index (χ0n) is 11.8. The number of methoxy groups -OCH3 is 1. The van der Waals surface area contributed by atoms with Gasteiger partial charge in [0.2, 0.25) is 0 Å². The number of nitrogens with one attached hydrogen (secondary N) is 2. The van der Waals surface area contributed by atoms with Crippen molar-refractivity contribution in [3.05, 3.63) is 46.7 Å². The van der Waals surface area contributed by atoms with E-state index in [1.54, 1.807) is 0 Å². The lowest BCUT2D eigenvalue weighted by atomic mass is 9.95. The van der Waals surface area contributed by atoms with E-state index in [9.17, 15) is 4.79 Å². The minimum atomic E-state index is -0.352. The van der Waals surface area contributed by atoms with Crippen LogP contribution in [0.1, 0.15) is 31.0 Å². The predicted molar refractivity (Wildman–Crippen MR) is 82.1 cm³/mol. The molecule has 5 heteroatoms. The Bertz CT molecular complexity index is 564. The molecule has 1 aromatic carbocycles. The van der Waals surface area contributed by atoms with Crippen molar-refractivity contribution in [2.75, 3.05) is 7.11 Å². The van der Waals surface area contributed by atoms with Crippen LogP contribution >= 0.6 is 12.2 Å². The second kappa shape index (κ2) is 6.05. The van der Waals surface area contributed by atoms with E-state index in [0.29, 0.717) is 10.7 Å². The van der Waals surface area contributed by atoms with Crippen molar-refractivity contribution >= 4 is 23.3 Å². The molecule has 1 aromatic rings. The molecule has 1 aliphatic rings. The van der Waals surface area contributed by atoms with Crippen LogP contribution in [-0.2, 0) is 16.0 Å². The molecule has 0 radical (unpaired) electrons. The molecule has 20 heavy (non-hydrogen) atoms. The molecule has 0 aromatic heterocycles. The fourth-order valence-electron chi connectivity index (χ4n) is 2.27. The Kier molecular flexibility index (Phi) is 4.39. The summed E-state index contributed by atoms with van der Waals surface area (Å²) >= 11 is 5.18. The Balaban J connectivity index is 2.42. The molecule has 0 amide bonds. The summed E-state index contributed by atoms with van der Waals surface area (Å²) in [5.74, 6) is -0.352. The van der Waals surface area contributed by atoms with E-state index < -0.39 is 0 Å². The van der Waals surface area contributed by atoms with Gasteiger partial charge in [-0.3, -0.25) is 0 Å². The van der Waals surface area contributed by atoms with Crippen molar-refractivity contribution in [3.63, 3.8) is 0 Å². The molecule has 0 fully saturated rings. The van der Waals surface area contributed by atoms with Crippen LogP contribution in [0, 0.1) is 0 Å². The van der Waals surface area contributed by atoms with Crippen LogP contribution in [0.15, 0.2) is 35.5 Å². The highest BCUT2D eigenvalue weighted by Gasteiger charge is 2.30. The van der Waals surface area contributed by atoms with Crippen LogP contribution in [0.2, 0.25) is 0 Å². The minimum absolute atomic E-state index is 0.276. The van der Waals surface area contributed by atoms with E-state index in [1.807, 2.05) is 19.1 Å². The number of carbonyl (C=O) groups excluding carboxylic acids is 1. The summed E-state index contributed by atoms with van der Waals surface area (Å²) in [6.07, 6.45) is 0.983. The number of aryl methyl sites for hydroxylation is 1. The largest absolute Gasteiger partial charge is 0.466 e. The number of allylic oxidation sites excluding steroid dienone is 1. The normalized spacial score (nSPS) is 18.4. The quantitative estimate of drug-likeness (QED) is 0.660. The molecule has 0 saturated heterocycles. The average Bonchev–Trinajstić information content (AvgIpc) is 2.46. The van der Waals surface area contributed by atoms with Crippen LogP contribution in [0.3, 0.4) is 0 Å². The number of rotatable bonds is 3. The second-order valence-corrected chi connectivity index (χ2v) is 5.07. The summed E-state index contributed by atoms with van der Waals surface area (Å²) < 4.78 is 4.87. The first kappa shape index (κ1) is 14.5. The summed E-state index contributed by atoms with van der Waals surface area (Å²) in [7, 11) is 1.38. The standard InChI is InChI=1S/C15H18N2O2S/c1-4-10-5-7-11(8-6-10)13-12(14(18)19-3)9(2)16-15(20)17-13/h5-8,13H,4H2,1-3H3,(H2,16,17,20)/t13-/m0/s1. The van der Waals surface area contributed by atoms with Crippen LogP contribution < -0.4 is 10.6 Å². The monoisotopic (exact) mass is 290 g/mol. The van der Waals surface area contributed by atoms with E-state index in [1.165, 1.54) is 12.7 Å². The number of carbonyl (C=O) groups is 1. The van der Waals surface area contributed by atoms with Gasteiger partial charge in [-0.2, -0.15) is 0 Å². The van der Waals surface area contributed by atoms with Crippen molar-refractivity contribution in [3.8, 4) is 0 Å². The first-order chi connectivity index (χ1) is 9.56. The van der Waals surface area contributed by atoms with Gasteiger partial charge in [-0.15, -0.1) is 0 Å². The van der Waals surface area contributed by atoms with Crippen LogP contribution in [0.4, 0.5) is 0 Å². The number of hydrogen-bond donors (Lipinski definition) is 2. The maximum atomic E-state index is 12.0. The average molecular weight is 290 g/mol. The third kappa shape index (κ3) is 2.82. The van der Waals surface area contributed by atoms with Crippen LogP contribution in [-0.4, -0.2) is 18.2 Å². The van der Waals surface area contributed by atoms with Crippen molar-refractivity contribution in [1.29, 1.82) is 0 Å². The zero-order valence-corrected chi connectivity index (χ0v) is 12.6. The SMILES string of the molecule is CCc1ccc([C@@H]2NC(=S)NC(C)=C2C(=O)OC)cc1. The van der Waals surface area contributed by atoms with Crippen LogP contribution in [0.25, 0.3) is 0 Å². The van der Waals surface area contributed by atoms with E-state index in [-0.39, 0.29) is 12.0 Å². The molecule has 0 spiro atoms. The van der Waals surface area contributed by atoms with E-state index >= 15 is 0 Å². The maximum absolute atomic E-state index is 12.0. The lowest BCUT2D eigenvalue weighted by Gasteiger charge is -2.29. The Morgan fingerprint density at radius 1 is 1.35 bits per heavy atom. The van der Waals surface area contributed by atoms with Gasteiger partial charge in [-0.05, 0) is 36.7 Å². The highest BCUT2D eigenvalue weighted by Crippen LogP contribution is 2.27. The molecule has 1 atom stereocenters. The fourth-order valence-corrected chi connectivity index (χ4v) is 2.54. The molecular weight excluding hydrogens is 272 g/mol. The first-order valence-corrected chi connectivity index (χ1v) is 6.93. The van der Waals surface area contributed by atoms with Gasteiger partial charge in [0.25, 0.3) is 0 Å². The predicted octanol–water partition coefficient (Wildman–Crippen LogP) is 2.21. The van der Waals surface area contributed by atoms with E-state index in [2.05, 4.69) is 29.7 Å². The fraction of sp³-hybridized carbons (Fsp3) is 0.333. The molecule has 4 nitrogen and oxygen atoms in total. The smallest absolute Gasteiger partial charge is 0.337 e. The Labute approximate surface area is 124 Å². The highest BCUT2D eigenvalue weighted by molar-refractivity contribution is 7.80. The molecular formula is C15H18N2O2S. The van der Waals surface area contributed by atoms with E-state index in [0.717, 1.165) is 17.7 Å². The van der Waals surface area contributed by atoms with Gasteiger partial charge in [-0.1, -0.05) is 31.2 Å². The van der Waals surface area contributed by atoms with Crippen molar-refractivity contribution in [2.45, 2.75) is 26.3 Å². The number of ether oxygens (including phenoxy) is 1. The third-order valence-corrected chi connectivity index (χ3v) is 3.62. The van der Waals surface area contributed by atoms with Gasteiger partial charge < -0.3 is 15.4 Å². The molecule has 1 heterocycles. The first-order valence-electron chi connectivity index (χ1n) is 6.52. The number of thiocarbonyl (C=S) groups is 1. The van der Waals surface area contributed by atoms with Gasteiger partial charge in [0.15, 0.2) is 5.11 Å². The lowest BCUT2D eigenvalue weighted by molar-refractivity contribution is -0.136. The molecule has 2 rings (SSSR count). The maximum Gasteiger partial charge on any atom is 0.337 e. The zero-order chi connectivity index (χ0) is 14.7. The number of hydrogen-bond acceptors (Lipinski definition) is 3. The van der Waals surface area contributed by atoms with Crippen LogP contribution in [0.5, 0.6) is 0 Å². The highest BCUT2D eigenvalue weighted by atomic mass is 32.1. The molecule has 0 bridgehead atoms. The van der Waals surface area contributed by atoms with Crippen molar-refractivity contribution in [1.82, 2.24) is 10.6 Å². The summed E-state index contributed by atoms with van der Waals surface area (Å²) in [5, 5.41) is 6.61. The van der Waals surface area contributed by atoms with Gasteiger partial charge in [0, 0.05) is 5.70 Å². The second-order valence-electron chi connectivity index (χ2n) is 4.66.